The van der Waals surface area contributed by atoms with E-state index >= 15 is 0 Å². The second-order valence-corrected chi connectivity index (χ2v) is 7.33. The molecule has 0 spiro atoms. The molecule has 1 aliphatic rings. The van der Waals surface area contributed by atoms with Gasteiger partial charge in [-0.1, -0.05) is 32.0 Å². The lowest BCUT2D eigenvalue weighted by molar-refractivity contribution is 0.112. The highest BCUT2D eigenvalue weighted by Crippen LogP contribution is 2.27. The third kappa shape index (κ3) is 2.87. The van der Waals surface area contributed by atoms with Gasteiger partial charge < -0.3 is 0 Å². The minimum Gasteiger partial charge on any atom is -0.298 e. The third-order valence-corrected chi connectivity index (χ3v) is 5.40. The highest BCUT2D eigenvalue weighted by molar-refractivity contribution is 7.89. The molecule has 1 fully saturated rings. The smallest absolute Gasteiger partial charge is 0.243 e. The van der Waals surface area contributed by atoms with E-state index in [1.807, 2.05) is 0 Å². The molecule has 5 heteroatoms. The van der Waals surface area contributed by atoms with Gasteiger partial charge in [0.1, 0.15) is 0 Å². The van der Waals surface area contributed by atoms with Crippen LogP contribution in [0.5, 0.6) is 0 Å². The summed E-state index contributed by atoms with van der Waals surface area (Å²) >= 11 is 0. The van der Waals surface area contributed by atoms with Gasteiger partial charge in [-0.3, -0.25) is 4.79 Å². The van der Waals surface area contributed by atoms with Gasteiger partial charge in [-0.25, -0.2) is 8.42 Å². The molecule has 2 rings (SSSR count). The van der Waals surface area contributed by atoms with Crippen LogP contribution in [-0.2, 0) is 10.0 Å². The molecule has 1 aromatic rings. The lowest BCUT2D eigenvalue weighted by atomic mass is 9.94. The van der Waals surface area contributed by atoms with Gasteiger partial charge in [0, 0.05) is 18.7 Å². The van der Waals surface area contributed by atoms with Gasteiger partial charge in [0.2, 0.25) is 10.0 Å². The number of hydrogen-bond donors (Lipinski definition) is 0. The zero-order chi connectivity index (χ0) is 14.0. The van der Waals surface area contributed by atoms with Crippen LogP contribution in [0.4, 0.5) is 0 Å². The molecule has 1 aliphatic heterocycles. The van der Waals surface area contributed by atoms with Crippen LogP contribution in [-0.4, -0.2) is 32.1 Å². The Balaban J connectivity index is 2.39. The maximum Gasteiger partial charge on any atom is 0.243 e. The van der Waals surface area contributed by atoms with Crippen molar-refractivity contribution < 1.29 is 13.2 Å². The van der Waals surface area contributed by atoms with Crippen molar-refractivity contribution in [2.45, 2.75) is 25.2 Å². The Labute approximate surface area is 114 Å². The molecular weight excluding hydrogens is 262 g/mol. The summed E-state index contributed by atoms with van der Waals surface area (Å²) in [4.78, 5) is 11.1. The zero-order valence-electron chi connectivity index (χ0n) is 11.2. The highest BCUT2D eigenvalue weighted by Gasteiger charge is 2.32. The molecule has 0 saturated carbocycles. The number of carbonyl (C=O) groups is 1. The largest absolute Gasteiger partial charge is 0.298 e. The summed E-state index contributed by atoms with van der Waals surface area (Å²) in [5, 5.41) is 0. The molecule has 0 radical (unpaired) electrons. The molecule has 0 unspecified atom stereocenters. The van der Waals surface area contributed by atoms with E-state index in [2.05, 4.69) is 13.8 Å². The monoisotopic (exact) mass is 281 g/mol. The Morgan fingerprint density at radius 1 is 1.16 bits per heavy atom. The number of rotatable bonds is 3. The van der Waals surface area contributed by atoms with Crippen molar-refractivity contribution >= 4 is 16.3 Å². The molecule has 19 heavy (non-hydrogen) atoms. The Kier molecular flexibility index (Phi) is 4.06. The molecule has 104 valence electrons. The van der Waals surface area contributed by atoms with Gasteiger partial charge in [0.15, 0.2) is 6.29 Å². The van der Waals surface area contributed by atoms with Gasteiger partial charge in [-0.2, -0.15) is 4.31 Å². The first-order valence-corrected chi connectivity index (χ1v) is 7.93. The third-order valence-electron chi connectivity index (χ3n) is 3.50. The van der Waals surface area contributed by atoms with Gasteiger partial charge in [-0.05, 0) is 24.3 Å². The summed E-state index contributed by atoms with van der Waals surface area (Å²) in [6.07, 6.45) is 1.64. The molecule has 0 bridgehead atoms. The van der Waals surface area contributed by atoms with Gasteiger partial charge in [0.25, 0.3) is 0 Å². The van der Waals surface area contributed by atoms with Gasteiger partial charge in [-0.15, -0.1) is 0 Å². The maximum absolute atomic E-state index is 12.6. The molecular formula is C14H19NO3S. The lowest BCUT2D eigenvalue weighted by Crippen LogP contribution is -2.42. The van der Waals surface area contributed by atoms with E-state index in [1.165, 1.54) is 16.4 Å². The normalized spacial score (nSPS) is 25.2. The molecule has 0 aliphatic carbocycles. The fourth-order valence-corrected chi connectivity index (χ4v) is 4.60. The second kappa shape index (κ2) is 5.43. The van der Waals surface area contributed by atoms with E-state index < -0.39 is 10.0 Å². The summed E-state index contributed by atoms with van der Waals surface area (Å²) in [6.45, 7) is 5.17. The Bertz CT molecular complexity index is 558. The molecule has 1 heterocycles. The van der Waals surface area contributed by atoms with E-state index in [1.54, 1.807) is 12.1 Å². The molecule has 0 amide bonds. The van der Waals surface area contributed by atoms with Gasteiger partial charge in [0.05, 0.1) is 4.90 Å². The topological polar surface area (TPSA) is 54.5 Å². The average molecular weight is 281 g/mol. The van der Waals surface area contributed by atoms with Crippen LogP contribution in [0.15, 0.2) is 29.2 Å². The quantitative estimate of drug-likeness (QED) is 0.798. The standard InChI is InChI=1S/C14H19NO3S/c1-11-7-12(2)9-15(8-11)19(17,18)14-6-4-3-5-13(14)10-16/h3-6,10-12H,7-9H2,1-2H3/t11-,12+. The first-order chi connectivity index (χ1) is 8.95. The lowest BCUT2D eigenvalue weighted by Gasteiger charge is -2.34. The first-order valence-electron chi connectivity index (χ1n) is 6.49. The molecule has 1 saturated heterocycles. The predicted molar refractivity (Wildman–Crippen MR) is 73.5 cm³/mol. The molecule has 2 atom stereocenters. The van der Waals surface area contributed by atoms with E-state index in [-0.39, 0.29) is 10.5 Å². The number of sulfonamides is 1. The van der Waals surface area contributed by atoms with Crippen molar-refractivity contribution in [1.82, 2.24) is 4.31 Å². The molecule has 4 nitrogen and oxygen atoms in total. The number of hydrogen-bond acceptors (Lipinski definition) is 3. The van der Waals surface area contributed by atoms with E-state index in [0.29, 0.717) is 31.2 Å². The van der Waals surface area contributed by atoms with E-state index in [4.69, 9.17) is 0 Å². The molecule has 0 aromatic heterocycles. The highest BCUT2D eigenvalue weighted by atomic mass is 32.2. The zero-order valence-corrected chi connectivity index (χ0v) is 12.1. The van der Waals surface area contributed by atoms with Crippen molar-refractivity contribution in [1.29, 1.82) is 0 Å². The number of nitrogens with zero attached hydrogens (tertiary/aromatic N) is 1. The van der Waals surface area contributed by atoms with Crippen LogP contribution in [0.3, 0.4) is 0 Å². The number of aldehydes is 1. The number of benzene rings is 1. The summed E-state index contributed by atoms with van der Waals surface area (Å²) in [5.41, 5.74) is 0.230. The van der Waals surface area contributed by atoms with Crippen molar-refractivity contribution in [2.24, 2.45) is 11.8 Å². The van der Waals surface area contributed by atoms with Crippen LogP contribution in [0.25, 0.3) is 0 Å². The minimum absolute atomic E-state index is 0.117. The van der Waals surface area contributed by atoms with Crippen molar-refractivity contribution in [2.75, 3.05) is 13.1 Å². The number of carbonyl (C=O) groups excluding carboxylic acids is 1. The SMILES string of the molecule is C[C@@H]1C[C@H](C)CN(S(=O)(=O)c2ccccc2C=O)C1. The van der Waals surface area contributed by atoms with E-state index in [0.717, 1.165) is 6.42 Å². The Morgan fingerprint density at radius 2 is 1.74 bits per heavy atom. The minimum atomic E-state index is -3.57. The average Bonchev–Trinajstić information content (AvgIpc) is 2.37. The second-order valence-electron chi connectivity index (χ2n) is 5.42. The Hall–Kier alpha value is -1.20. The summed E-state index contributed by atoms with van der Waals surface area (Å²) < 4.78 is 26.8. The van der Waals surface area contributed by atoms with Gasteiger partial charge >= 0.3 is 0 Å². The number of piperidine rings is 1. The fourth-order valence-electron chi connectivity index (χ4n) is 2.75. The fraction of sp³-hybridized carbons (Fsp3) is 0.500. The van der Waals surface area contributed by atoms with Crippen molar-refractivity contribution in [3.63, 3.8) is 0 Å². The summed E-state index contributed by atoms with van der Waals surface area (Å²) in [6, 6.07) is 6.36. The molecule has 0 N–H and O–H groups in total. The van der Waals surface area contributed by atoms with Crippen LogP contribution in [0.2, 0.25) is 0 Å². The van der Waals surface area contributed by atoms with Crippen LogP contribution < -0.4 is 0 Å². The maximum atomic E-state index is 12.6. The van der Waals surface area contributed by atoms with Crippen LogP contribution >= 0.6 is 0 Å². The predicted octanol–water partition coefficient (Wildman–Crippen LogP) is 2.17. The van der Waals surface area contributed by atoms with Crippen LogP contribution in [0, 0.1) is 11.8 Å². The Morgan fingerprint density at radius 3 is 2.32 bits per heavy atom. The summed E-state index contributed by atoms with van der Waals surface area (Å²) in [5.74, 6) is 0.698. The van der Waals surface area contributed by atoms with Crippen LogP contribution in [0.1, 0.15) is 30.6 Å². The van der Waals surface area contributed by atoms with Crippen molar-refractivity contribution in [3.05, 3.63) is 29.8 Å². The van der Waals surface area contributed by atoms with E-state index in [9.17, 15) is 13.2 Å². The first kappa shape index (κ1) is 14.2. The summed E-state index contributed by atoms with van der Waals surface area (Å²) in [7, 11) is -3.57. The molecule has 1 aromatic carbocycles. The van der Waals surface area contributed by atoms with Crippen molar-refractivity contribution in [3.8, 4) is 0 Å².